The van der Waals surface area contributed by atoms with Crippen molar-refractivity contribution in [2.24, 2.45) is 0 Å². The summed E-state index contributed by atoms with van der Waals surface area (Å²) in [6.07, 6.45) is 5.88. The van der Waals surface area contributed by atoms with E-state index in [0.717, 1.165) is 63.8 Å². The lowest BCUT2D eigenvalue weighted by Crippen LogP contribution is -2.44. The minimum absolute atomic E-state index is 0.0276. The summed E-state index contributed by atoms with van der Waals surface area (Å²) in [6, 6.07) is 4.38. The maximum absolute atomic E-state index is 14.1. The summed E-state index contributed by atoms with van der Waals surface area (Å²) in [5, 5.41) is 7.15. The van der Waals surface area contributed by atoms with Crippen LogP contribution in [0.4, 0.5) is 8.78 Å². The highest BCUT2D eigenvalue weighted by molar-refractivity contribution is 5.59. The van der Waals surface area contributed by atoms with Crippen LogP contribution in [0.2, 0.25) is 0 Å². The number of nitrogens with one attached hydrogen (secondary N) is 2. The van der Waals surface area contributed by atoms with Crippen LogP contribution >= 0.6 is 0 Å². The van der Waals surface area contributed by atoms with Crippen LogP contribution in [-0.4, -0.2) is 46.9 Å². The quantitative estimate of drug-likeness (QED) is 0.865. The van der Waals surface area contributed by atoms with Crippen LogP contribution in [0.1, 0.15) is 25.1 Å². The fourth-order valence-corrected chi connectivity index (χ4v) is 4.71. The number of ether oxygens (including phenoxy) is 1. The van der Waals surface area contributed by atoms with Gasteiger partial charge in [-0.05, 0) is 37.9 Å². The summed E-state index contributed by atoms with van der Waals surface area (Å²) in [5.41, 5.74) is 0.950. The molecule has 0 amide bonds. The zero-order valence-electron chi connectivity index (χ0n) is 15.2. The molecular weight excluding hydrogens is 350 g/mol. The molecule has 2 N–H and O–H groups in total. The topological polar surface area (TPSA) is 51.1 Å². The molecule has 0 aliphatic carbocycles. The van der Waals surface area contributed by atoms with Gasteiger partial charge in [-0.1, -0.05) is 0 Å². The number of rotatable bonds is 3. The molecule has 2 saturated heterocycles. The third kappa shape index (κ3) is 3.28. The van der Waals surface area contributed by atoms with Gasteiger partial charge in [-0.15, -0.1) is 0 Å². The predicted molar refractivity (Wildman–Crippen MR) is 97.4 cm³/mol. The number of nitrogens with zero attached hydrogens (tertiary/aromatic N) is 2. The summed E-state index contributed by atoms with van der Waals surface area (Å²) >= 11 is 0. The molecule has 2 aromatic rings. The number of benzene rings is 1. The summed E-state index contributed by atoms with van der Waals surface area (Å²) in [6.45, 7) is 3.57. The monoisotopic (exact) mass is 374 g/mol. The maximum Gasteiger partial charge on any atom is 0.135 e. The van der Waals surface area contributed by atoms with E-state index in [1.807, 2.05) is 6.20 Å². The highest BCUT2D eigenvalue weighted by Crippen LogP contribution is 2.32. The second-order valence-corrected chi connectivity index (χ2v) is 8.04. The van der Waals surface area contributed by atoms with Gasteiger partial charge in [0.05, 0.1) is 17.9 Å². The van der Waals surface area contributed by atoms with Crippen molar-refractivity contribution < 1.29 is 13.5 Å². The summed E-state index contributed by atoms with van der Waals surface area (Å²) in [5.74, 6) is -0.178. The first-order valence-corrected chi connectivity index (χ1v) is 9.72. The second-order valence-electron chi connectivity index (χ2n) is 8.04. The molecule has 27 heavy (non-hydrogen) atoms. The van der Waals surface area contributed by atoms with Crippen LogP contribution < -0.4 is 10.6 Å². The third-order valence-corrected chi connectivity index (χ3v) is 6.08. The maximum atomic E-state index is 14.1. The zero-order chi connectivity index (χ0) is 18.4. The Morgan fingerprint density at radius 2 is 2.22 bits per heavy atom. The van der Waals surface area contributed by atoms with Crippen molar-refractivity contribution in [3.8, 4) is 11.3 Å². The molecule has 0 saturated carbocycles. The molecule has 3 unspecified atom stereocenters. The van der Waals surface area contributed by atoms with Gasteiger partial charge in [0.1, 0.15) is 17.5 Å². The molecular formula is C20H24F2N4O. The predicted octanol–water partition coefficient (Wildman–Crippen LogP) is 2.25. The Morgan fingerprint density at radius 3 is 3.04 bits per heavy atom. The highest BCUT2D eigenvalue weighted by Gasteiger charge is 2.43. The smallest absolute Gasteiger partial charge is 0.135 e. The summed E-state index contributed by atoms with van der Waals surface area (Å²) < 4.78 is 35.4. The number of halogens is 2. The van der Waals surface area contributed by atoms with Gasteiger partial charge in [0, 0.05) is 49.4 Å². The first kappa shape index (κ1) is 17.3. The molecule has 3 atom stereocenters. The first-order valence-electron chi connectivity index (χ1n) is 9.72. The summed E-state index contributed by atoms with van der Waals surface area (Å²) in [7, 11) is 0. The van der Waals surface area contributed by atoms with Crippen LogP contribution in [-0.2, 0) is 17.7 Å². The zero-order valence-corrected chi connectivity index (χ0v) is 15.2. The van der Waals surface area contributed by atoms with Crippen LogP contribution in [0.5, 0.6) is 0 Å². The van der Waals surface area contributed by atoms with Crippen LogP contribution in [0.3, 0.4) is 0 Å². The molecule has 5 rings (SSSR count). The highest BCUT2D eigenvalue weighted by atomic mass is 19.1. The normalized spacial score (nSPS) is 30.1. The average Bonchev–Trinajstić information content (AvgIpc) is 3.36. The molecule has 2 fully saturated rings. The Hall–Kier alpha value is -1.83. The van der Waals surface area contributed by atoms with E-state index < -0.39 is 11.6 Å². The molecule has 4 heterocycles. The van der Waals surface area contributed by atoms with Crippen molar-refractivity contribution >= 4 is 0 Å². The van der Waals surface area contributed by atoms with Gasteiger partial charge >= 0.3 is 0 Å². The van der Waals surface area contributed by atoms with Gasteiger partial charge in [0.2, 0.25) is 0 Å². The summed E-state index contributed by atoms with van der Waals surface area (Å²) in [4.78, 5) is 4.58. The molecule has 1 aromatic heterocycles. The Morgan fingerprint density at radius 1 is 1.30 bits per heavy atom. The average molecular weight is 374 g/mol. The van der Waals surface area contributed by atoms with Crippen molar-refractivity contribution in [1.29, 1.82) is 0 Å². The lowest BCUT2D eigenvalue weighted by atomic mass is 9.96. The van der Waals surface area contributed by atoms with Gasteiger partial charge < -0.3 is 19.9 Å². The molecule has 144 valence electrons. The molecule has 7 heteroatoms. The molecule has 3 aliphatic heterocycles. The molecule has 0 bridgehead atoms. The van der Waals surface area contributed by atoms with Crippen molar-refractivity contribution in [1.82, 2.24) is 20.2 Å². The third-order valence-electron chi connectivity index (χ3n) is 6.08. The number of aromatic nitrogens is 2. The SMILES string of the molecule is Fc1ccc(-c2cn3c(n2)CCC(NC2COC4(CCNC4)C2)C3)c(F)c1. The number of aryl methyl sites for hydroxylation is 1. The van der Waals surface area contributed by atoms with Crippen LogP contribution in [0.25, 0.3) is 11.3 Å². The fourth-order valence-electron chi connectivity index (χ4n) is 4.71. The van der Waals surface area contributed by atoms with Gasteiger partial charge in [-0.25, -0.2) is 13.8 Å². The van der Waals surface area contributed by atoms with Crippen molar-refractivity contribution in [2.75, 3.05) is 19.7 Å². The number of hydrogen-bond donors (Lipinski definition) is 2. The van der Waals surface area contributed by atoms with Crippen LogP contribution in [0, 0.1) is 11.6 Å². The van der Waals surface area contributed by atoms with E-state index in [-0.39, 0.29) is 5.60 Å². The first-order chi connectivity index (χ1) is 13.1. The van der Waals surface area contributed by atoms with E-state index in [4.69, 9.17) is 4.74 Å². The Balaban J connectivity index is 1.27. The Kier molecular flexibility index (Phi) is 4.26. The van der Waals surface area contributed by atoms with Gasteiger partial charge in [-0.2, -0.15) is 0 Å². The Labute approximate surface area is 157 Å². The van der Waals surface area contributed by atoms with E-state index in [9.17, 15) is 8.78 Å². The van der Waals surface area contributed by atoms with Gasteiger partial charge in [-0.3, -0.25) is 0 Å². The fraction of sp³-hybridized carbons (Fsp3) is 0.550. The molecule has 3 aliphatic rings. The molecule has 1 spiro atoms. The standard InChI is InChI=1S/C20H24F2N4O/c21-13-1-3-16(17(22)7-13)18-10-26-9-14(2-4-19(26)25-18)24-15-8-20(27-11-15)5-6-23-12-20/h1,3,7,10,14-15,23-24H,2,4-6,8-9,11-12H2. The van der Waals surface area contributed by atoms with E-state index in [1.54, 1.807) is 0 Å². The molecule has 5 nitrogen and oxygen atoms in total. The Bertz CT molecular complexity index is 847. The van der Waals surface area contributed by atoms with E-state index >= 15 is 0 Å². The van der Waals surface area contributed by atoms with E-state index in [1.165, 1.54) is 12.1 Å². The minimum atomic E-state index is -0.571. The van der Waals surface area contributed by atoms with Gasteiger partial charge in [0.25, 0.3) is 0 Å². The number of fused-ring (bicyclic) bond motifs is 1. The second kappa shape index (κ2) is 6.65. The van der Waals surface area contributed by atoms with E-state index in [2.05, 4.69) is 20.2 Å². The van der Waals surface area contributed by atoms with Crippen molar-refractivity contribution in [3.63, 3.8) is 0 Å². The van der Waals surface area contributed by atoms with Crippen molar-refractivity contribution in [3.05, 3.63) is 41.9 Å². The van der Waals surface area contributed by atoms with Crippen LogP contribution in [0.15, 0.2) is 24.4 Å². The lowest BCUT2D eigenvalue weighted by molar-refractivity contribution is 0.0208. The molecule has 1 aromatic carbocycles. The molecule has 0 radical (unpaired) electrons. The number of imidazole rings is 1. The largest absolute Gasteiger partial charge is 0.372 e. The number of hydrogen-bond acceptors (Lipinski definition) is 4. The van der Waals surface area contributed by atoms with E-state index in [0.29, 0.717) is 23.3 Å². The van der Waals surface area contributed by atoms with Crippen molar-refractivity contribution in [2.45, 2.75) is 49.9 Å². The van der Waals surface area contributed by atoms with Gasteiger partial charge in [0.15, 0.2) is 0 Å². The lowest BCUT2D eigenvalue weighted by Gasteiger charge is -2.27. The minimum Gasteiger partial charge on any atom is -0.372 e.